The Balaban J connectivity index is 2.64. The van der Waals surface area contributed by atoms with Gasteiger partial charge in [0.2, 0.25) is 5.91 Å². The molecule has 1 heterocycles. The number of alkyl carbamates (subject to hydrolysis) is 1. The topological polar surface area (TPSA) is 58.6 Å². The molecule has 0 aromatic rings. The second-order valence-electron chi connectivity index (χ2n) is 5.96. The lowest BCUT2D eigenvalue weighted by atomic mass is 9.91. The Morgan fingerprint density at radius 2 is 1.95 bits per heavy atom. The van der Waals surface area contributed by atoms with E-state index in [1.165, 1.54) is 7.11 Å². The average Bonchev–Trinajstić information content (AvgIpc) is 2.30. The van der Waals surface area contributed by atoms with Crippen molar-refractivity contribution in [1.82, 2.24) is 10.2 Å². The Labute approximate surface area is 115 Å². The van der Waals surface area contributed by atoms with Crippen LogP contribution >= 0.6 is 0 Å². The Morgan fingerprint density at radius 1 is 1.32 bits per heavy atom. The number of hydrogen-bond acceptors (Lipinski definition) is 3. The maximum absolute atomic E-state index is 12.5. The highest BCUT2D eigenvalue weighted by molar-refractivity contribution is 5.86. The molecule has 110 valence electrons. The van der Waals surface area contributed by atoms with E-state index >= 15 is 0 Å². The summed E-state index contributed by atoms with van der Waals surface area (Å²) >= 11 is 0. The highest BCUT2D eigenvalue weighted by Crippen LogP contribution is 2.25. The van der Waals surface area contributed by atoms with Crippen LogP contribution in [0.5, 0.6) is 0 Å². The van der Waals surface area contributed by atoms with E-state index in [-0.39, 0.29) is 11.8 Å². The molecule has 19 heavy (non-hydrogen) atoms. The number of carbonyl (C=O) groups excluding carboxylic acids is 2. The van der Waals surface area contributed by atoms with Gasteiger partial charge in [0.25, 0.3) is 0 Å². The van der Waals surface area contributed by atoms with Gasteiger partial charge in [-0.15, -0.1) is 0 Å². The maximum Gasteiger partial charge on any atom is 0.407 e. The highest BCUT2D eigenvalue weighted by Gasteiger charge is 2.37. The van der Waals surface area contributed by atoms with Gasteiger partial charge in [-0.05, 0) is 24.7 Å². The van der Waals surface area contributed by atoms with Crippen LogP contribution in [0.3, 0.4) is 0 Å². The van der Waals surface area contributed by atoms with Crippen molar-refractivity contribution in [3.63, 3.8) is 0 Å². The van der Waals surface area contributed by atoms with E-state index in [0.29, 0.717) is 12.0 Å². The molecule has 5 nitrogen and oxygen atoms in total. The molecule has 2 atom stereocenters. The Bertz CT molecular complexity index is 329. The van der Waals surface area contributed by atoms with Crippen LogP contribution in [0.2, 0.25) is 0 Å². The number of methoxy groups -OCH3 is 1. The summed E-state index contributed by atoms with van der Waals surface area (Å²) in [6, 6.07) is -0.171. The molecule has 5 heteroatoms. The zero-order chi connectivity index (χ0) is 14.6. The number of nitrogens with one attached hydrogen (secondary N) is 1. The third kappa shape index (κ3) is 4.11. The first-order valence-electron chi connectivity index (χ1n) is 7.01. The lowest BCUT2D eigenvalue weighted by Gasteiger charge is -2.44. The van der Waals surface area contributed by atoms with E-state index in [4.69, 9.17) is 0 Å². The second kappa shape index (κ2) is 6.78. The lowest BCUT2D eigenvalue weighted by Crippen LogP contribution is -2.59. The van der Waals surface area contributed by atoms with Crippen molar-refractivity contribution >= 4 is 12.0 Å². The molecule has 0 saturated carbocycles. The largest absolute Gasteiger partial charge is 0.453 e. The third-order valence-corrected chi connectivity index (χ3v) is 3.56. The molecular formula is C14H26N2O3. The molecule has 1 aliphatic heterocycles. The van der Waals surface area contributed by atoms with Crippen LogP contribution in [0.25, 0.3) is 0 Å². The summed E-state index contributed by atoms with van der Waals surface area (Å²) in [5, 5.41) is 2.64. The molecule has 0 spiro atoms. The van der Waals surface area contributed by atoms with Crippen LogP contribution in [0.1, 0.15) is 40.5 Å². The van der Waals surface area contributed by atoms with Crippen LogP contribution in [0.15, 0.2) is 0 Å². The normalized spacial score (nSPS) is 20.2. The standard InChI is InChI=1S/C14H26N2O3/c1-9(2)8-11-6-7-16(11)13(17)12(10(3)4)15-14(18)19-5/h9-12H,6-8H2,1-5H3,(H,15,18)/t11-,12-/m0/s1. The van der Waals surface area contributed by atoms with Crippen molar-refractivity contribution in [2.45, 2.75) is 52.6 Å². The van der Waals surface area contributed by atoms with E-state index in [1.807, 2.05) is 18.7 Å². The van der Waals surface area contributed by atoms with Crippen LogP contribution in [0.4, 0.5) is 4.79 Å². The van der Waals surface area contributed by atoms with E-state index < -0.39 is 12.1 Å². The fraction of sp³-hybridized carbons (Fsp3) is 0.857. The number of likely N-dealkylation sites (tertiary alicyclic amines) is 1. The Morgan fingerprint density at radius 3 is 2.32 bits per heavy atom. The zero-order valence-corrected chi connectivity index (χ0v) is 12.6. The number of hydrogen-bond donors (Lipinski definition) is 1. The number of nitrogens with zero attached hydrogens (tertiary/aromatic N) is 1. The number of rotatable bonds is 5. The summed E-state index contributed by atoms with van der Waals surface area (Å²) in [6.07, 6.45) is 1.54. The summed E-state index contributed by atoms with van der Waals surface area (Å²) in [5.74, 6) is 0.635. The Hall–Kier alpha value is -1.26. The molecule has 1 rings (SSSR count). The van der Waals surface area contributed by atoms with Gasteiger partial charge in [0, 0.05) is 12.6 Å². The molecule has 0 aliphatic carbocycles. The quantitative estimate of drug-likeness (QED) is 0.831. The summed E-state index contributed by atoms with van der Waals surface area (Å²) in [4.78, 5) is 25.7. The zero-order valence-electron chi connectivity index (χ0n) is 12.6. The van der Waals surface area contributed by atoms with E-state index in [1.54, 1.807) is 0 Å². The summed E-state index contributed by atoms with van der Waals surface area (Å²) in [7, 11) is 1.31. The predicted octanol–water partition coefficient (Wildman–Crippen LogP) is 2.01. The minimum atomic E-state index is -0.548. The molecule has 1 aliphatic rings. The average molecular weight is 270 g/mol. The minimum absolute atomic E-state index is 0.0114. The number of amides is 2. The predicted molar refractivity (Wildman–Crippen MR) is 73.7 cm³/mol. The summed E-state index contributed by atoms with van der Waals surface area (Å²) < 4.78 is 4.58. The van der Waals surface area contributed by atoms with Gasteiger partial charge in [0.15, 0.2) is 0 Å². The smallest absolute Gasteiger partial charge is 0.407 e. The highest BCUT2D eigenvalue weighted by atomic mass is 16.5. The van der Waals surface area contributed by atoms with Crippen LogP contribution in [-0.4, -0.2) is 42.6 Å². The minimum Gasteiger partial charge on any atom is -0.453 e. The van der Waals surface area contributed by atoms with Crippen molar-refractivity contribution in [1.29, 1.82) is 0 Å². The second-order valence-corrected chi connectivity index (χ2v) is 5.96. The first kappa shape index (κ1) is 15.8. The monoisotopic (exact) mass is 270 g/mol. The van der Waals surface area contributed by atoms with E-state index in [0.717, 1.165) is 19.4 Å². The van der Waals surface area contributed by atoms with Crippen molar-refractivity contribution in [2.24, 2.45) is 11.8 Å². The van der Waals surface area contributed by atoms with Crippen molar-refractivity contribution in [3.05, 3.63) is 0 Å². The van der Waals surface area contributed by atoms with Crippen molar-refractivity contribution < 1.29 is 14.3 Å². The van der Waals surface area contributed by atoms with Gasteiger partial charge in [-0.1, -0.05) is 27.7 Å². The van der Waals surface area contributed by atoms with Gasteiger partial charge in [0.1, 0.15) is 6.04 Å². The molecule has 2 amide bonds. The molecule has 1 fully saturated rings. The molecule has 0 bridgehead atoms. The van der Waals surface area contributed by atoms with E-state index in [2.05, 4.69) is 23.9 Å². The molecular weight excluding hydrogens is 244 g/mol. The molecule has 1 saturated heterocycles. The Kier molecular flexibility index (Phi) is 5.63. The van der Waals surface area contributed by atoms with Gasteiger partial charge < -0.3 is 15.0 Å². The molecule has 0 aromatic heterocycles. The molecule has 0 aromatic carbocycles. The summed E-state index contributed by atoms with van der Waals surface area (Å²) in [6.45, 7) is 8.97. The molecule has 0 radical (unpaired) electrons. The molecule has 1 N–H and O–H groups in total. The van der Waals surface area contributed by atoms with Gasteiger partial charge in [-0.3, -0.25) is 4.79 Å². The first-order valence-corrected chi connectivity index (χ1v) is 7.01. The molecule has 0 unspecified atom stereocenters. The van der Waals surface area contributed by atoms with Crippen molar-refractivity contribution in [2.75, 3.05) is 13.7 Å². The van der Waals surface area contributed by atoms with Crippen LogP contribution in [-0.2, 0) is 9.53 Å². The van der Waals surface area contributed by atoms with Gasteiger partial charge in [-0.2, -0.15) is 0 Å². The van der Waals surface area contributed by atoms with Crippen molar-refractivity contribution in [3.8, 4) is 0 Å². The lowest BCUT2D eigenvalue weighted by molar-refractivity contribution is -0.142. The summed E-state index contributed by atoms with van der Waals surface area (Å²) in [5.41, 5.74) is 0. The van der Waals surface area contributed by atoms with E-state index in [9.17, 15) is 9.59 Å². The van der Waals surface area contributed by atoms with Crippen LogP contribution < -0.4 is 5.32 Å². The number of carbonyl (C=O) groups is 2. The fourth-order valence-corrected chi connectivity index (χ4v) is 2.40. The number of ether oxygens (including phenoxy) is 1. The fourth-order valence-electron chi connectivity index (χ4n) is 2.40. The third-order valence-electron chi connectivity index (χ3n) is 3.56. The van der Waals surface area contributed by atoms with Gasteiger partial charge in [0.05, 0.1) is 7.11 Å². The van der Waals surface area contributed by atoms with Crippen LogP contribution in [0, 0.1) is 11.8 Å². The van der Waals surface area contributed by atoms with Gasteiger partial charge in [-0.25, -0.2) is 4.79 Å². The van der Waals surface area contributed by atoms with Gasteiger partial charge >= 0.3 is 6.09 Å². The maximum atomic E-state index is 12.5. The first-order chi connectivity index (χ1) is 8.86. The SMILES string of the molecule is COC(=O)N[C@H](C(=O)N1CC[C@H]1CC(C)C)C(C)C.